The second-order valence-electron chi connectivity index (χ2n) is 7.19. The molecule has 0 spiro atoms. The predicted octanol–water partition coefficient (Wildman–Crippen LogP) is 3.72. The normalized spacial score (nSPS) is 11.5. The highest BCUT2D eigenvalue weighted by Crippen LogP contribution is 2.17. The Hall–Kier alpha value is -3.02. The van der Waals surface area contributed by atoms with Crippen molar-refractivity contribution in [3.8, 4) is 11.5 Å². The topological polar surface area (TPSA) is 67.9 Å². The molecule has 0 saturated heterocycles. The summed E-state index contributed by atoms with van der Waals surface area (Å²) in [6, 6.07) is 14.5. The molecule has 0 saturated carbocycles. The Morgan fingerprint density at radius 3 is 2.40 bits per heavy atom. The molecule has 6 heteroatoms. The Bertz CT molecular complexity index is 820. The molecule has 2 amide bonds. The monoisotopic (exact) mass is 412 g/mol. The molecule has 0 aliphatic carbocycles. The van der Waals surface area contributed by atoms with E-state index in [1.807, 2.05) is 69.3 Å². The average Bonchev–Trinajstić information content (AvgIpc) is 2.76. The molecule has 1 atom stereocenters. The van der Waals surface area contributed by atoms with Gasteiger partial charge in [-0.3, -0.25) is 9.59 Å². The number of nitrogens with one attached hydrogen (secondary N) is 1. The molecule has 2 aromatic rings. The highest BCUT2D eigenvalue weighted by Gasteiger charge is 2.28. The number of hydrogen-bond donors (Lipinski definition) is 1. The second kappa shape index (κ2) is 11.9. The first-order chi connectivity index (χ1) is 14.5. The van der Waals surface area contributed by atoms with Crippen LogP contribution in [0.5, 0.6) is 11.5 Å². The summed E-state index contributed by atoms with van der Waals surface area (Å²) in [4.78, 5) is 27.4. The molecule has 0 bridgehead atoms. The van der Waals surface area contributed by atoms with E-state index in [-0.39, 0.29) is 18.4 Å². The van der Waals surface area contributed by atoms with E-state index in [1.165, 1.54) is 0 Å². The van der Waals surface area contributed by atoms with E-state index in [9.17, 15) is 9.59 Å². The van der Waals surface area contributed by atoms with Crippen LogP contribution in [0, 0.1) is 6.92 Å². The smallest absolute Gasteiger partial charge is 0.261 e. The first-order valence-corrected chi connectivity index (χ1v) is 10.4. The van der Waals surface area contributed by atoms with Gasteiger partial charge in [0.2, 0.25) is 5.91 Å². The van der Waals surface area contributed by atoms with Gasteiger partial charge in [0.1, 0.15) is 17.5 Å². The number of ether oxygens (including phenoxy) is 2. The molecule has 0 aliphatic rings. The highest BCUT2D eigenvalue weighted by molar-refractivity contribution is 5.88. The molecule has 0 fully saturated rings. The van der Waals surface area contributed by atoms with Gasteiger partial charge in [-0.25, -0.2) is 0 Å². The van der Waals surface area contributed by atoms with Gasteiger partial charge in [-0.05, 0) is 55.2 Å². The van der Waals surface area contributed by atoms with Crippen LogP contribution in [-0.2, 0) is 16.1 Å². The molecule has 6 nitrogen and oxygen atoms in total. The number of methoxy groups -OCH3 is 1. The largest absolute Gasteiger partial charge is 0.497 e. The Morgan fingerprint density at radius 1 is 1.07 bits per heavy atom. The average molecular weight is 413 g/mol. The summed E-state index contributed by atoms with van der Waals surface area (Å²) in [5, 5.41) is 2.91. The fourth-order valence-electron chi connectivity index (χ4n) is 3.15. The van der Waals surface area contributed by atoms with Crippen molar-refractivity contribution in [2.24, 2.45) is 0 Å². The van der Waals surface area contributed by atoms with Gasteiger partial charge in [-0.1, -0.05) is 38.1 Å². The summed E-state index contributed by atoms with van der Waals surface area (Å²) >= 11 is 0. The van der Waals surface area contributed by atoms with E-state index in [2.05, 4.69) is 5.32 Å². The maximum absolute atomic E-state index is 13.1. The van der Waals surface area contributed by atoms with Crippen LogP contribution in [0.1, 0.15) is 37.8 Å². The van der Waals surface area contributed by atoms with Gasteiger partial charge in [-0.15, -0.1) is 0 Å². The van der Waals surface area contributed by atoms with E-state index in [0.717, 1.165) is 23.3 Å². The zero-order chi connectivity index (χ0) is 21.9. The molecule has 0 radical (unpaired) electrons. The van der Waals surface area contributed by atoms with Crippen molar-refractivity contribution in [3.05, 3.63) is 59.7 Å². The minimum absolute atomic E-state index is 0.128. The first kappa shape index (κ1) is 23.3. The number of aryl methyl sites for hydroxylation is 1. The maximum atomic E-state index is 13.1. The molecular weight excluding hydrogens is 380 g/mol. The second-order valence-corrected chi connectivity index (χ2v) is 7.19. The number of rotatable bonds is 11. The van der Waals surface area contributed by atoms with E-state index in [0.29, 0.717) is 25.3 Å². The predicted molar refractivity (Wildman–Crippen MR) is 118 cm³/mol. The van der Waals surface area contributed by atoms with Crippen LogP contribution in [-0.4, -0.2) is 43.0 Å². The van der Waals surface area contributed by atoms with Crippen molar-refractivity contribution >= 4 is 11.8 Å². The van der Waals surface area contributed by atoms with Crippen molar-refractivity contribution in [1.82, 2.24) is 10.2 Å². The van der Waals surface area contributed by atoms with Crippen LogP contribution < -0.4 is 14.8 Å². The zero-order valence-electron chi connectivity index (χ0n) is 18.3. The summed E-state index contributed by atoms with van der Waals surface area (Å²) in [5.74, 6) is 1.01. The lowest BCUT2D eigenvalue weighted by Gasteiger charge is -2.30. The van der Waals surface area contributed by atoms with Crippen molar-refractivity contribution in [2.75, 3.05) is 20.3 Å². The van der Waals surface area contributed by atoms with Crippen LogP contribution in [0.4, 0.5) is 0 Å². The third-order valence-corrected chi connectivity index (χ3v) is 4.80. The number of benzene rings is 2. The molecule has 0 heterocycles. The van der Waals surface area contributed by atoms with Gasteiger partial charge < -0.3 is 19.7 Å². The van der Waals surface area contributed by atoms with Crippen LogP contribution in [0.25, 0.3) is 0 Å². The number of hydrogen-bond acceptors (Lipinski definition) is 4. The molecule has 0 aliphatic heterocycles. The summed E-state index contributed by atoms with van der Waals surface area (Å²) in [5.41, 5.74) is 1.97. The lowest BCUT2D eigenvalue weighted by molar-refractivity contribution is -0.143. The van der Waals surface area contributed by atoms with Crippen molar-refractivity contribution in [2.45, 2.75) is 46.2 Å². The molecule has 30 heavy (non-hydrogen) atoms. The summed E-state index contributed by atoms with van der Waals surface area (Å²) in [6.07, 6.45) is 1.35. The number of nitrogens with zero attached hydrogens (tertiary/aromatic N) is 1. The summed E-state index contributed by atoms with van der Waals surface area (Å²) < 4.78 is 10.9. The molecule has 0 unspecified atom stereocenters. The van der Waals surface area contributed by atoms with Crippen LogP contribution in [0.2, 0.25) is 0 Å². The Labute approximate surface area is 179 Å². The SMILES string of the molecule is CCCNC(=O)[C@@H](CC)N(Cc1ccc(OC)cc1)C(=O)COc1cccc(C)c1. The van der Waals surface area contributed by atoms with Gasteiger partial charge in [0, 0.05) is 13.1 Å². The van der Waals surface area contributed by atoms with Gasteiger partial charge in [0.15, 0.2) is 6.61 Å². The summed E-state index contributed by atoms with van der Waals surface area (Å²) in [7, 11) is 1.61. The van der Waals surface area contributed by atoms with E-state index < -0.39 is 6.04 Å². The molecule has 0 aromatic heterocycles. The van der Waals surface area contributed by atoms with Crippen molar-refractivity contribution < 1.29 is 19.1 Å². The molecular formula is C24H32N2O4. The summed E-state index contributed by atoms with van der Waals surface area (Å²) in [6.45, 7) is 6.65. The lowest BCUT2D eigenvalue weighted by Crippen LogP contribution is -2.50. The van der Waals surface area contributed by atoms with E-state index in [1.54, 1.807) is 12.0 Å². The Kier molecular flexibility index (Phi) is 9.19. The highest BCUT2D eigenvalue weighted by atomic mass is 16.5. The third kappa shape index (κ3) is 6.79. The standard InChI is InChI=1S/C24H32N2O4/c1-5-14-25-24(28)22(6-2)26(16-19-10-12-20(29-4)13-11-19)23(27)17-30-21-9-7-8-18(3)15-21/h7-13,15,22H,5-6,14,16-17H2,1-4H3,(H,25,28)/t22-/m1/s1. The number of amides is 2. The lowest BCUT2D eigenvalue weighted by atomic mass is 10.1. The van der Waals surface area contributed by atoms with Crippen molar-refractivity contribution in [3.63, 3.8) is 0 Å². The first-order valence-electron chi connectivity index (χ1n) is 10.4. The molecule has 2 rings (SSSR count). The van der Waals surface area contributed by atoms with Gasteiger partial charge in [0.25, 0.3) is 5.91 Å². The zero-order valence-corrected chi connectivity index (χ0v) is 18.3. The number of carbonyl (C=O) groups excluding carboxylic acids is 2. The van der Waals surface area contributed by atoms with Gasteiger partial charge in [0.05, 0.1) is 7.11 Å². The van der Waals surface area contributed by atoms with Crippen LogP contribution in [0.3, 0.4) is 0 Å². The van der Waals surface area contributed by atoms with Crippen LogP contribution >= 0.6 is 0 Å². The third-order valence-electron chi connectivity index (χ3n) is 4.80. The molecule has 2 aromatic carbocycles. The molecule has 1 N–H and O–H groups in total. The quantitative estimate of drug-likeness (QED) is 0.611. The Morgan fingerprint density at radius 2 is 1.80 bits per heavy atom. The minimum atomic E-state index is -0.563. The van der Waals surface area contributed by atoms with Crippen LogP contribution in [0.15, 0.2) is 48.5 Å². The minimum Gasteiger partial charge on any atom is -0.497 e. The Balaban J connectivity index is 2.18. The fourth-order valence-corrected chi connectivity index (χ4v) is 3.15. The fraction of sp³-hybridized carbons (Fsp3) is 0.417. The number of carbonyl (C=O) groups is 2. The van der Waals surface area contributed by atoms with E-state index in [4.69, 9.17) is 9.47 Å². The maximum Gasteiger partial charge on any atom is 0.261 e. The van der Waals surface area contributed by atoms with Gasteiger partial charge >= 0.3 is 0 Å². The van der Waals surface area contributed by atoms with E-state index >= 15 is 0 Å². The molecule has 162 valence electrons. The van der Waals surface area contributed by atoms with Gasteiger partial charge in [-0.2, -0.15) is 0 Å². The van der Waals surface area contributed by atoms with Crippen molar-refractivity contribution in [1.29, 1.82) is 0 Å².